The Morgan fingerprint density at radius 2 is 1.75 bits per heavy atom. The standard InChI is InChI=1S/C17H16FN3O3/c1-2-24-15-9-7-14(8-10-15)20-16(22)17(23)21-19-11-12-3-5-13(18)6-4-12/h3-11H,2H2,1H3,(H,20,22)(H,21,23). The molecule has 0 fully saturated rings. The summed E-state index contributed by atoms with van der Waals surface area (Å²) in [7, 11) is 0. The van der Waals surface area contributed by atoms with Crippen LogP contribution in [-0.2, 0) is 9.59 Å². The normalized spacial score (nSPS) is 10.4. The molecule has 0 aliphatic heterocycles. The van der Waals surface area contributed by atoms with Crippen LogP contribution in [0.1, 0.15) is 12.5 Å². The van der Waals surface area contributed by atoms with Crippen LogP contribution in [0.15, 0.2) is 53.6 Å². The second kappa shape index (κ2) is 8.42. The summed E-state index contributed by atoms with van der Waals surface area (Å²) in [6.07, 6.45) is 1.31. The van der Waals surface area contributed by atoms with Crippen molar-refractivity contribution in [2.45, 2.75) is 6.92 Å². The molecule has 0 spiro atoms. The first kappa shape index (κ1) is 17.1. The lowest BCUT2D eigenvalue weighted by atomic mass is 10.2. The van der Waals surface area contributed by atoms with Gasteiger partial charge in [-0.1, -0.05) is 12.1 Å². The van der Waals surface area contributed by atoms with Crippen LogP contribution in [-0.4, -0.2) is 24.6 Å². The highest BCUT2D eigenvalue weighted by Crippen LogP contribution is 2.15. The molecule has 0 saturated carbocycles. The van der Waals surface area contributed by atoms with Crippen molar-refractivity contribution < 1.29 is 18.7 Å². The molecule has 0 aliphatic carbocycles. The van der Waals surface area contributed by atoms with Crippen LogP contribution in [0.25, 0.3) is 0 Å². The number of carbonyl (C=O) groups is 2. The van der Waals surface area contributed by atoms with Gasteiger partial charge < -0.3 is 10.1 Å². The number of benzene rings is 2. The van der Waals surface area contributed by atoms with Gasteiger partial charge in [-0.05, 0) is 48.9 Å². The molecule has 24 heavy (non-hydrogen) atoms. The number of hydrogen-bond acceptors (Lipinski definition) is 4. The van der Waals surface area contributed by atoms with Crippen molar-refractivity contribution in [2.24, 2.45) is 5.10 Å². The highest BCUT2D eigenvalue weighted by Gasteiger charge is 2.12. The summed E-state index contributed by atoms with van der Waals surface area (Å²) < 4.78 is 18.0. The Bertz CT molecular complexity index is 728. The van der Waals surface area contributed by atoms with Gasteiger partial charge in [0.2, 0.25) is 0 Å². The predicted molar refractivity (Wildman–Crippen MR) is 88.4 cm³/mol. The van der Waals surface area contributed by atoms with Gasteiger partial charge in [0.1, 0.15) is 11.6 Å². The number of ether oxygens (including phenoxy) is 1. The zero-order valence-electron chi connectivity index (χ0n) is 13.0. The first-order chi connectivity index (χ1) is 11.6. The van der Waals surface area contributed by atoms with E-state index in [2.05, 4.69) is 15.8 Å². The number of halogens is 1. The van der Waals surface area contributed by atoms with E-state index in [-0.39, 0.29) is 5.82 Å². The van der Waals surface area contributed by atoms with Crippen molar-refractivity contribution in [1.82, 2.24) is 5.43 Å². The van der Waals surface area contributed by atoms with Crippen LogP contribution >= 0.6 is 0 Å². The molecule has 0 radical (unpaired) electrons. The van der Waals surface area contributed by atoms with Crippen molar-refractivity contribution in [3.05, 3.63) is 59.9 Å². The fourth-order valence-electron chi connectivity index (χ4n) is 1.75. The first-order valence-corrected chi connectivity index (χ1v) is 7.21. The van der Waals surface area contributed by atoms with Crippen LogP contribution in [0, 0.1) is 5.82 Å². The van der Waals surface area contributed by atoms with E-state index < -0.39 is 11.8 Å². The summed E-state index contributed by atoms with van der Waals surface area (Å²) in [4.78, 5) is 23.4. The third-order valence-corrected chi connectivity index (χ3v) is 2.88. The van der Waals surface area contributed by atoms with Crippen LogP contribution in [0.5, 0.6) is 5.75 Å². The van der Waals surface area contributed by atoms with Gasteiger partial charge in [0.05, 0.1) is 12.8 Å². The van der Waals surface area contributed by atoms with Gasteiger partial charge in [0.25, 0.3) is 0 Å². The smallest absolute Gasteiger partial charge is 0.329 e. The number of nitrogens with zero attached hydrogens (tertiary/aromatic N) is 1. The molecule has 2 aromatic carbocycles. The minimum absolute atomic E-state index is 0.370. The topological polar surface area (TPSA) is 79.8 Å². The van der Waals surface area contributed by atoms with Crippen molar-refractivity contribution >= 4 is 23.7 Å². The number of hydrazone groups is 1. The van der Waals surface area contributed by atoms with E-state index in [1.807, 2.05) is 6.92 Å². The molecule has 2 aromatic rings. The SMILES string of the molecule is CCOc1ccc(NC(=O)C(=O)NN=Cc2ccc(F)cc2)cc1. The van der Waals surface area contributed by atoms with Gasteiger partial charge in [-0.3, -0.25) is 9.59 Å². The zero-order chi connectivity index (χ0) is 17.4. The van der Waals surface area contributed by atoms with Gasteiger partial charge >= 0.3 is 11.8 Å². The highest BCUT2D eigenvalue weighted by molar-refractivity contribution is 6.39. The van der Waals surface area contributed by atoms with Crippen LogP contribution in [0.4, 0.5) is 10.1 Å². The van der Waals surface area contributed by atoms with Crippen LogP contribution < -0.4 is 15.5 Å². The fraction of sp³-hybridized carbons (Fsp3) is 0.118. The Kier molecular flexibility index (Phi) is 6.01. The van der Waals surface area contributed by atoms with E-state index in [1.54, 1.807) is 24.3 Å². The van der Waals surface area contributed by atoms with Crippen molar-refractivity contribution in [2.75, 3.05) is 11.9 Å². The molecule has 2 amide bonds. The number of carbonyl (C=O) groups excluding carboxylic acids is 2. The average molecular weight is 329 g/mol. The Morgan fingerprint density at radius 3 is 2.38 bits per heavy atom. The van der Waals surface area contributed by atoms with E-state index in [0.29, 0.717) is 23.6 Å². The predicted octanol–water partition coefficient (Wildman–Crippen LogP) is 2.31. The third kappa shape index (κ3) is 5.20. The lowest BCUT2D eigenvalue weighted by Crippen LogP contribution is -2.32. The largest absolute Gasteiger partial charge is 0.494 e. The summed E-state index contributed by atoms with van der Waals surface area (Å²) in [5, 5.41) is 6.08. The molecule has 0 heterocycles. The Hall–Kier alpha value is -3.22. The molecule has 0 unspecified atom stereocenters. The number of anilines is 1. The minimum atomic E-state index is -0.915. The van der Waals surface area contributed by atoms with E-state index >= 15 is 0 Å². The summed E-state index contributed by atoms with van der Waals surface area (Å²) >= 11 is 0. The average Bonchev–Trinajstić information content (AvgIpc) is 2.58. The minimum Gasteiger partial charge on any atom is -0.494 e. The number of amides is 2. The molecule has 0 atom stereocenters. The van der Waals surface area contributed by atoms with Crippen molar-refractivity contribution in [1.29, 1.82) is 0 Å². The number of rotatable bonds is 5. The molecular formula is C17H16FN3O3. The summed E-state index contributed by atoms with van der Waals surface area (Å²) in [6, 6.07) is 12.1. The maximum Gasteiger partial charge on any atom is 0.329 e. The highest BCUT2D eigenvalue weighted by atomic mass is 19.1. The Balaban J connectivity index is 1.85. The second-order valence-electron chi connectivity index (χ2n) is 4.66. The molecule has 2 N–H and O–H groups in total. The van der Waals surface area contributed by atoms with Crippen molar-refractivity contribution in [3.63, 3.8) is 0 Å². The Labute approximate surface area is 138 Å². The summed E-state index contributed by atoms with van der Waals surface area (Å²) in [6.45, 7) is 2.41. The molecule has 0 aromatic heterocycles. The fourth-order valence-corrected chi connectivity index (χ4v) is 1.75. The lowest BCUT2D eigenvalue weighted by molar-refractivity contribution is -0.136. The number of hydrogen-bond donors (Lipinski definition) is 2. The van der Waals surface area contributed by atoms with E-state index in [1.165, 1.54) is 30.5 Å². The van der Waals surface area contributed by atoms with Gasteiger partial charge in [-0.15, -0.1) is 0 Å². The number of nitrogens with one attached hydrogen (secondary N) is 2. The molecule has 0 saturated heterocycles. The third-order valence-electron chi connectivity index (χ3n) is 2.88. The van der Waals surface area contributed by atoms with E-state index in [4.69, 9.17) is 4.74 Å². The molecule has 7 heteroatoms. The van der Waals surface area contributed by atoms with Crippen molar-refractivity contribution in [3.8, 4) is 5.75 Å². The van der Waals surface area contributed by atoms with Crippen LogP contribution in [0.2, 0.25) is 0 Å². The van der Waals surface area contributed by atoms with E-state index in [9.17, 15) is 14.0 Å². The maximum atomic E-state index is 12.7. The lowest BCUT2D eigenvalue weighted by Gasteiger charge is -2.06. The molecule has 2 rings (SSSR count). The molecule has 124 valence electrons. The quantitative estimate of drug-likeness (QED) is 0.502. The van der Waals surface area contributed by atoms with E-state index in [0.717, 1.165) is 0 Å². The molecule has 0 bridgehead atoms. The van der Waals surface area contributed by atoms with Gasteiger partial charge in [-0.2, -0.15) is 5.10 Å². The van der Waals surface area contributed by atoms with Gasteiger partial charge in [0, 0.05) is 5.69 Å². The summed E-state index contributed by atoms with van der Waals surface area (Å²) in [5.74, 6) is -1.47. The molecular weight excluding hydrogens is 313 g/mol. The maximum absolute atomic E-state index is 12.7. The Morgan fingerprint density at radius 1 is 1.08 bits per heavy atom. The van der Waals surface area contributed by atoms with Crippen LogP contribution in [0.3, 0.4) is 0 Å². The molecule has 0 aliphatic rings. The van der Waals surface area contributed by atoms with Gasteiger partial charge in [0.15, 0.2) is 0 Å². The van der Waals surface area contributed by atoms with Gasteiger partial charge in [-0.25, -0.2) is 9.82 Å². The second-order valence-corrected chi connectivity index (χ2v) is 4.66. The summed E-state index contributed by atoms with van der Waals surface area (Å²) in [5.41, 5.74) is 3.14. The molecule has 6 nitrogen and oxygen atoms in total. The zero-order valence-corrected chi connectivity index (χ0v) is 13.0. The first-order valence-electron chi connectivity index (χ1n) is 7.21. The monoisotopic (exact) mass is 329 g/mol.